The van der Waals surface area contributed by atoms with Gasteiger partial charge < -0.3 is 15.0 Å². The first kappa shape index (κ1) is 25.3. The predicted octanol–water partition coefficient (Wildman–Crippen LogP) is 4.35. The second-order valence-electron chi connectivity index (χ2n) is 11.0. The molecule has 0 unspecified atom stereocenters. The number of benzene rings is 1. The van der Waals surface area contributed by atoms with E-state index in [-0.39, 0.29) is 24.0 Å². The average molecular weight is 535 g/mol. The predicted molar refractivity (Wildman–Crippen MR) is 146 cm³/mol. The van der Waals surface area contributed by atoms with Gasteiger partial charge in [-0.3, -0.25) is 9.36 Å². The van der Waals surface area contributed by atoms with Crippen LogP contribution in [0.15, 0.2) is 42.6 Å². The lowest BCUT2D eigenvalue weighted by Gasteiger charge is -2.29. The highest BCUT2D eigenvalue weighted by Crippen LogP contribution is 2.37. The Bertz CT molecular complexity index is 1270. The number of ether oxygens (including phenoxy) is 1. The molecule has 1 N–H and O–H groups in total. The molecular formula is C29H35ClN6O2. The largest absolute Gasteiger partial charge is 0.474 e. The SMILES string of the molecule is CN1CCC(C(=O)N[C@H]2Cc3cc(Cl)ccc3-n3c(nnc3C3CCC(Oc4ccccn4)CC3)C2)CC1. The van der Waals surface area contributed by atoms with Gasteiger partial charge in [-0.2, -0.15) is 0 Å². The van der Waals surface area contributed by atoms with E-state index in [9.17, 15) is 4.79 Å². The van der Waals surface area contributed by atoms with Crippen LogP contribution >= 0.6 is 11.6 Å². The summed E-state index contributed by atoms with van der Waals surface area (Å²) in [6.07, 6.45) is 8.98. The fraction of sp³-hybridized carbons (Fsp3) is 0.517. The number of likely N-dealkylation sites (tertiary alicyclic amines) is 1. The molecule has 38 heavy (non-hydrogen) atoms. The summed E-state index contributed by atoms with van der Waals surface area (Å²) in [5.41, 5.74) is 2.20. The third-order valence-electron chi connectivity index (χ3n) is 8.33. The van der Waals surface area contributed by atoms with E-state index in [1.165, 1.54) is 0 Å². The van der Waals surface area contributed by atoms with Crippen LogP contribution in [0.2, 0.25) is 5.02 Å². The van der Waals surface area contributed by atoms with E-state index in [0.29, 0.717) is 23.2 Å². The minimum absolute atomic E-state index is 0.0415. The molecule has 200 valence electrons. The Balaban J connectivity index is 1.20. The smallest absolute Gasteiger partial charge is 0.223 e. The molecule has 3 aromatic rings. The molecule has 8 nitrogen and oxygen atoms in total. The molecule has 3 aliphatic rings. The summed E-state index contributed by atoms with van der Waals surface area (Å²) in [4.78, 5) is 19.8. The van der Waals surface area contributed by atoms with Gasteiger partial charge in [-0.25, -0.2) is 4.98 Å². The van der Waals surface area contributed by atoms with Crippen LogP contribution in [0.3, 0.4) is 0 Å². The summed E-state index contributed by atoms with van der Waals surface area (Å²) < 4.78 is 8.35. The van der Waals surface area contributed by atoms with Crippen molar-refractivity contribution in [2.45, 2.75) is 69.4 Å². The van der Waals surface area contributed by atoms with E-state index in [4.69, 9.17) is 21.4 Å². The highest BCUT2D eigenvalue weighted by Gasteiger charge is 2.33. The number of piperidine rings is 1. The van der Waals surface area contributed by atoms with Gasteiger partial charge in [0.25, 0.3) is 0 Å². The maximum absolute atomic E-state index is 13.2. The number of hydrogen-bond donors (Lipinski definition) is 1. The Morgan fingerprint density at radius 1 is 1.03 bits per heavy atom. The van der Waals surface area contributed by atoms with Crippen molar-refractivity contribution in [3.8, 4) is 11.6 Å². The number of nitrogens with zero attached hydrogens (tertiary/aromatic N) is 5. The number of pyridine rings is 1. The Labute approximate surface area is 228 Å². The standard InChI is InChI=1S/C29H35ClN6O2/c1-35-14-11-20(12-15-35)29(37)32-23-17-21-16-22(30)7-10-25(21)36-26(18-23)33-34-28(36)19-5-8-24(9-6-19)38-27-4-2-3-13-31-27/h2-4,7,10,13,16,19-20,23-24H,5-6,8-9,11-12,14-15,17-18H2,1H3,(H,32,37)/t19?,23-,24?/m0/s1. The zero-order valence-corrected chi connectivity index (χ0v) is 22.6. The van der Waals surface area contributed by atoms with Crippen molar-refractivity contribution >= 4 is 17.5 Å². The minimum atomic E-state index is -0.0415. The number of rotatable bonds is 5. The van der Waals surface area contributed by atoms with Crippen molar-refractivity contribution in [1.29, 1.82) is 0 Å². The summed E-state index contributed by atoms with van der Waals surface area (Å²) in [6.45, 7) is 1.93. The van der Waals surface area contributed by atoms with Crippen molar-refractivity contribution in [2.24, 2.45) is 5.92 Å². The highest BCUT2D eigenvalue weighted by atomic mass is 35.5. The molecule has 4 heterocycles. The molecule has 0 spiro atoms. The van der Waals surface area contributed by atoms with Gasteiger partial charge in [0.05, 0.1) is 5.69 Å². The molecule has 1 aliphatic carbocycles. The van der Waals surface area contributed by atoms with E-state index in [1.54, 1.807) is 6.20 Å². The Hall–Kier alpha value is -2.97. The van der Waals surface area contributed by atoms with Crippen LogP contribution in [-0.2, 0) is 17.6 Å². The summed E-state index contributed by atoms with van der Waals surface area (Å²) >= 11 is 6.44. The summed E-state index contributed by atoms with van der Waals surface area (Å²) in [7, 11) is 2.12. The van der Waals surface area contributed by atoms with Gasteiger partial charge in [-0.1, -0.05) is 17.7 Å². The second kappa shape index (κ2) is 11.0. The van der Waals surface area contributed by atoms with Crippen LogP contribution in [0.1, 0.15) is 61.7 Å². The summed E-state index contributed by atoms with van der Waals surface area (Å²) in [5.74, 6) is 3.13. The summed E-state index contributed by atoms with van der Waals surface area (Å²) in [5, 5.41) is 13.4. The first-order valence-corrected chi connectivity index (χ1v) is 14.2. The number of halogens is 1. The van der Waals surface area contributed by atoms with E-state index < -0.39 is 0 Å². The van der Waals surface area contributed by atoms with Gasteiger partial charge in [0.15, 0.2) is 0 Å². The molecule has 2 aromatic heterocycles. The van der Waals surface area contributed by atoms with Crippen molar-refractivity contribution in [3.05, 3.63) is 64.8 Å². The average Bonchev–Trinajstić information content (AvgIpc) is 3.26. The van der Waals surface area contributed by atoms with Crippen LogP contribution in [0.5, 0.6) is 5.88 Å². The third kappa shape index (κ3) is 5.43. The van der Waals surface area contributed by atoms with Crippen molar-refractivity contribution < 1.29 is 9.53 Å². The van der Waals surface area contributed by atoms with Crippen molar-refractivity contribution in [3.63, 3.8) is 0 Å². The van der Waals surface area contributed by atoms with Crippen LogP contribution in [-0.4, -0.2) is 62.8 Å². The normalized spacial score (nSPS) is 24.2. The van der Waals surface area contributed by atoms with Gasteiger partial charge >= 0.3 is 0 Å². The van der Waals surface area contributed by atoms with Gasteiger partial charge in [0, 0.05) is 41.6 Å². The molecule has 0 bridgehead atoms. The number of carbonyl (C=O) groups is 1. The second-order valence-corrected chi connectivity index (χ2v) is 11.5. The molecule has 2 fully saturated rings. The van der Waals surface area contributed by atoms with Gasteiger partial charge in [0.2, 0.25) is 11.8 Å². The molecule has 1 saturated carbocycles. The molecule has 6 rings (SSSR count). The van der Waals surface area contributed by atoms with Crippen molar-refractivity contribution in [2.75, 3.05) is 20.1 Å². The van der Waals surface area contributed by atoms with E-state index in [0.717, 1.165) is 80.9 Å². The number of carbonyl (C=O) groups excluding carboxylic acids is 1. The first-order valence-electron chi connectivity index (χ1n) is 13.8. The lowest BCUT2D eigenvalue weighted by molar-refractivity contribution is -0.127. The number of amides is 1. The van der Waals surface area contributed by atoms with Crippen LogP contribution in [0.4, 0.5) is 0 Å². The van der Waals surface area contributed by atoms with Gasteiger partial charge in [-0.15, -0.1) is 10.2 Å². The van der Waals surface area contributed by atoms with Gasteiger partial charge in [-0.05, 0) is 94.9 Å². The molecular weight excluding hydrogens is 500 g/mol. The lowest BCUT2D eigenvalue weighted by atomic mass is 9.86. The number of fused-ring (bicyclic) bond motifs is 3. The quantitative estimate of drug-likeness (QED) is 0.524. The molecule has 9 heteroatoms. The summed E-state index contributed by atoms with van der Waals surface area (Å²) in [6, 6.07) is 11.8. The highest BCUT2D eigenvalue weighted by molar-refractivity contribution is 6.30. The minimum Gasteiger partial charge on any atom is -0.474 e. The number of nitrogens with one attached hydrogen (secondary N) is 1. The molecule has 1 atom stereocenters. The van der Waals surface area contributed by atoms with Crippen LogP contribution in [0.25, 0.3) is 5.69 Å². The molecule has 2 aliphatic heterocycles. The number of hydrogen-bond acceptors (Lipinski definition) is 6. The Morgan fingerprint density at radius 2 is 1.84 bits per heavy atom. The molecule has 1 aromatic carbocycles. The van der Waals surface area contributed by atoms with Crippen molar-refractivity contribution in [1.82, 2.24) is 30.0 Å². The van der Waals surface area contributed by atoms with Crippen LogP contribution < -0.4 is 10.1 Å². The maximum atomic E-state index is 13.2. The maximum Gasteiger partial charge on any atom is 0.223 e. The molecule has 1 amide bonds. The zero-order chi connectivity index (χ0) is 26.1. The molecule has 0 radical (unpaired) electrons. The fourth-order valence-corrected chi connectivity index (χ4v) is 6.40. The Morgan fingerprint density at radius 3 is 2.61 bits per heavy atom. The van der Waals surface area contributed by atoms with E-state index >= 15 is 0 Å². The monoisotopic (exact) mass is 534 g/mol. The topological polar surface area (TPSA) is 85.2 Å². The third-order valence-corrected chi connectivity index (χ3v) is 8.57. The van der Waals surface area contributed by atoms with E-state index in [1.807, 2.05) is 30.3 Å². The van der Waals surface area contributed by atoms with E-state index in [2.05, 4.69) is 38.0 Å². The Kier molecular flexibility index (Phi) is 7.34. The van der Waals surface area contributed by atoms with Gasteiger partial charge in [0.1, 0.15) is 17.8 Å². The fourth-order valence-electron chi connectivity index (χ4n) is 6.20. The van der Waals surface area contributed by atoms with Crippen LogP contribution in [0, 0.1) is 5.92 Å². The number of aromatic nitrogens is 4. The first-order chi connectivity index (χ1) is 18.5. The lowest BCUT2D eigenvalue weighted by Crippen LogP contribution is -2.44. The molecule has 1 saturated heterocycles. The zero-order valence-electron chi connectivity index (χ0n) is 21.9.